The van der Waals surface area contributed by atoms with E-state index in [1.165, 1.54) is 5.39 Å². The lowest BCUT2D eigenvalue weighted by Gasteiger charge is -2.14. The van der Waals surface area contributed by atoms with Crippen LogP contribution < -0.4 is 5.43 Å². The van der Waals surface area contributed by atoms with Gasteiger partial charge in [-0.1, -0.05) is 57.2 Å². The van der Waals surface area contributed by atoms with Gasteiger partial charge in [0.05, 0.1) is 5.71 Å². The zero-order valence-electron chi connectivity index (χ0n) is 14.9. The monoisotopic (exact) mass is 334 g/mol. The Morgan fingerprint density at radius 3 is 2.48 bits per heavy atom. The number of aromatic amines is 1. The van der Waals surface area contributed by atoms with Crippen LogP contribution in [0.3, 0.4) is 0 Å². The molecule has 0 radical (unpaired) electrons. The second-order valence-corrected chi connectivity index (χ2v) is 7.12. The van der Waals surface area contributed by atoms with Gasteiger partial charge in [0.25, 0.3) is 5.91 Å². The molecule has 0 aliphatic rings. The van der Waals surface area contributed by atoms with Crippen LogP contribution in [0.25, 0.3) is 10.8 Å². The normalized spacial score (nSPS) is 12.4. The predicted octanol–water partition coefficient (Wildman–Crippen LogP) is 4.01. The third kappa shape index (κ3) is 3.76. The third-order valence-corrected chi connectivity index (χ3v) is 4.11. The molecule has 0 bridgehead atoms. The van der Waals surface area contributed by atoms with Crippen molar-refractivity contribution in [2.24, 2.45) is 5.10 Å². The van der Waals surface area contributed by atoms with E-state index in [1.54, 1.807) is 6.07 Å². The number of aromatic nitrogens is 2. The summed E-state index contributed by atoms with van der Waals surface area (Å²) in [4.78, 5) is 12.2. The number of fused-ring (bicyclic) bond motifs is 1. The van der Waals surface area contributed by atoms with Crippen LogP contribution in [-0.2, 0) is 5.41 Å². The van der Waals surface area contributed by atoms with Gasteiger partial charge in [-0.2, -0.15) is 10.2 Å². The maximum absolute atomic E-state index is 12.2. The average molecular weight is 334 g/mol. The first-order valence-electron chi connectivity index (χ1n) is 8.24. The smallest absolute Gasteiger partial charge is 0.281 e. The first-order chi connectivity index (χ1) is 11.8. The van der Waals surface area contributed by atoms with Crippen LogP contribution in [0.5, 0.6) is 0 Å². The van der Waals surface area contributed by atoms with Crippen molar-refractivity contribution in [1.82, 2.24) is 15.6 Å². The van der Waals surface area contributed by atoms with Gasteiger partial charge in [-0.05, 0) is 35.4 Å². The highest BCUT2D eigenvalue weighted by Crippen LogP contribution is 2.20. The predicted molar refractivity (Wildman–Crippen MR) is 101 cm³/mol. The van der Waals surface area contributed by atoms with Gasteiger partial charge in [0, 0.05) is 11.1 Å². The molecule has 1 heterocycles. The van der Waals surface area contributed by atoms with Crippen molar-refractivity contribution in [3.63, 3.8) is 0 Å². The van der Waals surface area contributed by atoms with E-state index in [-0.39, 0.29) is 11.3 Å². The van der Waals surface area contributed by atoms with E-state index in [1.807, 2.05) is 25.1 Å². The molecule has 0 spiro atoms. The van der Waals surface area contributed by atoms with Gasteiger partial charge in [-0.25, -0.2) is 5.43 Å². The molecule has 5 heteroatoms. The summed E-state index contributed by atoms with van der Waals surface area (Å²) in [6.07, 6.45) is 0. The Bertz CT molecular complexity index is 947. The SMILES string of the molecule is C/C(=N\NC(=O)c1cc(C(C)(C)C)[nH]n1)c1ccc2ccccc2c1. The first kappa shape index (κ1) is 16.9. The summed E-state index contributed by atoms with van der Waals surface area (Å²) in [5.41, 5.74) is 5.44. The fourth-order valence-corrected chi connectivity index (χ4v) is 2.49. The first-order valence-corrected chi connectivity index (χ1v) is 8.24. The minimum Gasteiger partial charge on any atom is -0.281 e. The van der Waals surface area contributed by atoms with Gasteiger partial charge in [-0.15, -0.1) is 0 Å². The van der Waals surface area contributed by atoms with Gasteiger partial charge < -0.3 is 0 Å². The lowest BCUT2D eigenvalue weighted by atomic mass is 9.92. The standard InChI is InChI=1S/C20H22N4O/c1-13(15-10-9-14-7-5-6-8-16(14)11-15)21-24-19(25)17-12-18(23-22-17)20(2,3)4/h5-12H,1-4H3,(H,22,23)(H,24,25)/b21-13+. The summed E-state index contributed by atoms with van der Waals surface area (Å²) in [5, 5.41) is 13.5. The third-order valence-electron chi connectivity index (χ3n) is 4.11. The minimum absolute atomic E-state index is 0.0875. The fourth-order valence-electron chi connectivity index (χ4n) is 2.49. The van der Waals surface area contributed by atoms with Crippen LogP contribution in [0.2, 0.25) is 0 Å². The molecule has 1 amide bonds. The van der Waals surface area contributed by atoms with Crippen molar-refractivity contribution in [3.8, 4) is 0 Å². The highest BCUT2D eigenvalue weighted by Gasteiger charge is 2.19. The molecule has 1 aromatic heterocycles. The Balaban J connectivity index is 1.75. The maximum Gasteiger partial charge on any atom is 0.291 e. The second kappa shape index (κ2) is 6.51. The molecular weight excluding hydrogens is 312 g/mol. The number of rotatable bonds is 3. The number of benzene rings is 2. The highest BCUT2D eigenvalue weighted by molar-refractivity contribution is 6.03. The van der Waals surface area contributed by atoms with E-state index in [0.717, 1.165) is 22.4 Å². The molecule has 128 valence electrons. The number of nitrogens with zero attached hydrogens (tertiary/aromatic N) is 2. The van der Waals surface area contributed by atoms with Gasteiger partial charge in [0.15, 0.2) is 5.69 Å². The molecule has 0 atom stereocenters. The summed E-state index contributed by atoms with van der Waals surface area (Å²) < 4.78 is 0. The molecule has 2 aromatic carbocycles. The molecule has 5 nitrogen and oxygen atoms in total. The Morgan fingerprint density at radius 2 is 1.80 bits per heavy atom. The average Bonchev–Trinajstić information content (AvgIpc) is 3.09. The lowest BCUT2D eigenvalue weighted by Crippen LogP contribution is -2.19. The van der Waals surface area contributed by atoms with E-state index in [9.17, 15) is 4.79 Å². The van der Waals surface area contributed by atoms with Gasteiger partial charge >= 0.3 is 0 Å². The molecule has 2 N–H and O–H groups in total. The van der Waals surface area contributed by atoms with E-state index in [2.05, 4.69) is 65.8 Å². The number of carbonyl (C=O) groups excluding carboxylic acids is 1. The molecule has 3 aromatic rings. The Morgan fingerprint density at radius 1 is 1.08 bits per heavy atom. The minimum atomic E-state index is -0.327. The Hall–Kier alpha value is -2.95. The number of hydrogen-bond acceptors (Lipinski definition) is 3. The number of hydrazone groups is 1. The largest absolute Gasteiger partial charge is 0.291 e. The van der Waals surface area contributed by atoms with Gasteiger partial charge in [0.1, 0.15) is 0 Å². The van der Waals surface area contributed by atoms with Crippen LogP contribution in [0.1, 0.15) is 49.4 Å². The van der Waals surface area contributed by atoms with Crippen LogP contribution in [0.15, 0.2) is 53.6 Å². The summed E-state index contributed by atoms with van der Waals surface area (Å²) in [7, 11) is 0. The number of H-pyrrole nitrogens is 1. The summed E-state index contributed by atoms with van der Waals surface area (Å²) in [6.45, 7) is 8.05. The zero-order chi connectivity index (χ0) is 18.0. The van der Waals surface area contributed by atoms with Crippen LogP contribution in [0, 0.1) is 0 Å². The molecule has 0 unspecified atom stereocenters. The maximum atomic E-state index is 12.2. The lowest BCUT2D eigenvalue weighted by molar-refractivity contribution is 0.0950. The zero-order valence-corrected chi connectivity index (χ0v) is 14.9. The molecular formula is C20H22N4O. The van der Waals surface area contributed by atoms with Crippen LogP contribution >= 0.6 is 0 Å². The molecule has 0 aliphatic heterocycles. The number of carbonyl (C=O) groups is 1. The molecule has 0 saturated heterocycles. The van der Waals surface area contributed by atoms with Gasteiger partial charge in [0.2, 0.25) is 0 Å². The number of hydrogen-bond donors (Lipinski definition) is 2. The van der Waals surface area contributed by atoms with Crippen molar-refractivity contribution >= 4 is 22.4 Å². The highest BCUT2D eigenvalue weighted by atomic mass is 16.2. The van der Waals surface area contributed by atoms with Crippen LogP contribution in [0.4, 0.5) is 0 Å². The topological polar surface area (TPSA) is 70.1 Å². The quantitative estimate of drug-likeness (QED) is 0.561. The van der Waals surface area contributed by atoms with Crippen LogP contribution in [-0.4, -0.2) is 21.8 Å². The molecule has 25 heavy (non-hydrogen) atoms. The molecule has 0 saturated carbocycles. The fraction of sp³-hybridized carbons (Fsp3) is 0.250. The molecule has 0 aliphatic carbocycles. The second-order valence-electron chi connectivity index (χ2n) is 7.12. The van der Waals surface area contributed by atoms with E-state index in [0.29, 0.717) is 5.69 Å². The van der Waals surface area contributed by atoms with E-state index < -0.39 is 0 Å². The van der Waals surface area contributed by atoms with Crippen molar-refractivity contribution in [2.75, 3.05) is 0 Å². The summed E-state index contributed by atoms with van der Waals surface area (Å²) in [6, 6.07) is 16.0. The Kier molecular flexibility index (Phi) is 4.40. The molecule has 3 rings (SSSR count). The number of nitrogens with one attached hydrogen (secondary N) is 2. The van der Waals surface area contributed by atoms with Gasteiger partial charge in [-0.3, -0.25) is 9.89 Å². The van der Waals surface area contributed by atoms with E-state index >= 15 is 0 Å². The van der Waals surface area contributed by atoms with E-state index in [4.69, 9.17) is 0 Å². The van der Waals surface area contributed by atoms with Crippen molar-refractivity contribution in [1.29, 1.82) is 0 Å². The van der Waals surface area contributed by atoms with Crippen molar-refractivity contribution in [3.05, 3.63) is 65.5 Å². The number of amides is 1. The summed E-state index contributed by atoms with van der Waals surface area (Å²) in [5.74, 6) is -0.327. The van der Waals surface area contributed by atoms with Crippen molar-refractivity contribution < 1.29 is 4.79 Å². The Labute approximate surface area is 147 Å². The molecule has 0 fully saturated rings. The summed E-state index contributed by atoms with van der Waals surface area (Å²) >= 11 is 0. The van der Waals surface area contributed by atoms with Crippen molar-refractivity contribution in [2.45, 2.75) is 33.1 Å².